The van der Waals surface area contributed by atoms with Crippen molar-refractivity contribution in [2.24, 2.45) is 0 Å². The number of hydrogen-bond donors (Lipinski definition) is 1. The lowest BCUT2D eigenvalue weighted by atomic mass is 10.4. The third kappa shape index (κ3) is 4.74. The van der Waals surface area contributed by atoms with E-state index in [1.807, 2.05) is 18.2 Å². The van der Waals surface area contributed by atoms with E-state index in [1.54, 1.807) is 30.1 Å². The lowest BCUT2D eigenvalue weighted by molar-refractivity contribution is 0.626. The van der Waals surface area contributed by atoms with Gasteiger partial charge in [-0.3, -0.25) is 4.98 Å². The fourth-order valence-electron chi connectivity index (χ4n) is 1.88. The molecule has 0 amide bonds. The predicted octanol–water partition coefficient (Wildman–Crippen LogP) is 4.33. The number of aromatic nitrogens is 3. The molecule has 1 N–H and O–H groups in total. The number of rotatable bonds is 7. The van der Waals surface area contributed by atoms with Crippen LogP contribution in [-0.4, -0.2) is 27.5 Å². The molecule has 3 aromatic rings. The van der Waals surface area contributed by atoms with Gasteiger partial charge in [0.15, 0.2) is 5.01 Å². The lowest BCUT2D eigenvalue weighted by Crippen LogP contribution is -2.02. The van der Waals surface area contributed by atoms with E-state index in [0.717, 1.165) is 39.4 Å². The van der Waals surface area contributed by atoms with Gasteiger partial charge in [0.1, 0.15) is 11.5 Å². The van der Waals surface area contributed by atoms with Crippen LogP contribution in [0.1, 0.15) is 6.42 Å². The Morgan fingerprint density at radius 3 is 2.74 bits per heavy atom. The molecule has 7 heteroatoms. The summed E-state index contributed by atoms with van der Waals surface area (Å²) in [7, 11) is 0. The van der Waals surface area contributed by atoms with Gasteiger partial charge < -0.3 is 5.32 Å². The molecule has 0 saturated carbocycles. The van der Waals surface area contributed by atoms with Gasteiger partial charge in [0.05, 0.1) is 0 Å². The van der Waals surface area contributed by atoms with E-state index in [4.69, 9.17) is 0 Å². The molecule has 2 aromatic heterocycles. The summed E-state index contributed by atoms with van der Waals surface area (Å²) < 4.78 is 12.8. The molecule has 0 saturated heterocycles. The molecule has 0 aliphatic heterocycles. The van der Waals surface area contributed by atoms with Crippen LogP contribution in [0.25, 0.3) is 10.7 Å². The van der Waals surface area contributed by atoms with Crippen LogP contribution in [0.3, 0.4) is 0 Å². The molecule has 23 heavy (non-hydrogen) atoms. The molecule has 2 heterocycles. The Labute approximate surface area is 142 Å². The quantitative estimate of drug-likeness (QED) is 0.510. The topological polar surface area (TPSA) is 50.7 Å². The standard InChI is InChI=1S/C16H15FN4S2/c17-12-5-7-13(8-6-12)22-11-3-10-19-16-21-20-15(23-16)14-4-1-2-9-18-14/h1-2,4-9H,3,10-11H2,(H,19,21). The SMILES string of the molecule is Fc1ccc(SCCCNc2nnc(-c3ccccn3)s2)cc1. The first-order chi connectivity index (χ1) is 11.3. The highest BCUT2D eigenvalue weighted by Gasteiger charge is 2.06. The van der Waals surface area contributed by atoms with Crippen molar-refractivity contribution in [2.75, 3.05) is 17.6 Å². The molecule has 0 unspecified atom stereocenters. The Balaban J connectivity index is 1.41. The van der Waals surface area contributed by atoms with Gasteiger partial charge in [0.25, 0.3) is 0 Å². The third-order valence-corrected chi connectivity index (χ3v) is 4.99. The van der Waals surface area contributed by atoms with Crippen molar-refractivity contribution in [1.29, 1.82) is 0 Å². The second kappa shape index (κ2) is 8.03. The monoisotopic (exact) mass is 346 g/mol. The summed E-state index contributed by atoms with van der Waals surface area (Å²) >= 11 is 3.21. The smallest absolute Gasteiger partial charge is 0.206 e. The highest BCUT2D eigenvalue weighted by Crippen LogP contribution is 2.24. The number of halogens is 1. The van der Waals surface area contributed by atoms with Crippen molar-refractivity contribution in [3.63, 3.8) is 0 Å². The van der Waals surface area contributed by atoms with E-state index in [9.17, 15) is 4.39 Å². The Hall–Kier alpha value is -1.99. The zero-order valence-corrected chi connectivity index (χ0v) is 13.9. The minimum Gasteiger partial charge on any atom is -0.360 e. The average Bonchev–Trinajstić information content (AvgIpc) is 3.06. The van der Waals surface area contributed by atoms with Crippen molar-refractivity contribution in [3.8, 4) is 10.7 Å². The first-order valence-electron chi connectivity index (χ1n) is 7.18. The van der Waals surface area contributed by atoms with Crippen molar-refractivity contribution in [3.05, 3.63) is 54.5 Å². The Morgan fingerprint density at radius 2 is 1.96 bits per heavy atom. The Morgan fingerprint density at radius 1 is 1.09 bits per heavy atom. The fourth-order valence-corrected chi connectivity index (χ4v) is 3.47. The third-order valence-electron chi connectivity index (χ3n) is 2.99. The number of pyridine rings is 1. The van der Waals surface area contributed by atoms with Crippen LogP contribution < -0.4 is 5.32 Å². The van der Waals surface area contributed by atoms with Crippen LogP contribution in [0, 0.1) is 5.82 Å². The number of hydrogen-bond acceptors (Lipinski definition) is 6. The molecule has 1 aromatic carbocycles. The van der Waals surface area contributed by atoms with Gasteiger partial charge in [-0.1, -0.05) is 17.4 Å². The molecule has 118 valence electrons. The molecule has 0 aliphatic rings. The van der Waals surface area contributed by atoms with Crippen LogP contribution in [0.4, 0.5) is 9.52 Å². The van der Waals surface area contributed by atoms with E-state index in [2.05, 4.69) is 20.5 Å². The second-order valence-electron chi connectivity index (χ2n) is 4.71. The maximum absolute atomic E-state index is 12.8. The maximum atomic E-state index is 12.8. The zero-order valence-electron chi connectivity index (χ0n) is 12.3. The second-order valence-corrected chi connectivity index (χ2v) is 6.86. The highest BCUT2D eigenvalue weighted by atomic mass is 32.2. The van der Waals surface area contributed by atoms with Gasteiger partial charge in [-0.15, -0.1) is 22.0 Å². The first kappa shape index (κ1) is 15.9. The minimum atomic E-state index is -0.198. The average molecular weight is 346 g/mol. The summed E-state index contributed by atoms with van der Waals surface area (Å²) in [5, 5.41) is 13.2. The summed E-state index contributed by atoms with van der Waals surface area (Å²) in [4.78, 5) is 5.35. The van der Waals surface area contributed by atoms with E-state index in [-0.39, 0.29) is 5.82 Å². The van der Waals surface area contributed by atoms with E-state index in [1.165, 1.54) is 23.5 Å². The zero-order chi connectivity index (χ0) is 15.9. The Bertz CT molecular complexity index is 731. The summed E-state index contributed by atoms with van der Waals surface area (Å²) in [6.07, 6.45) is 2.73. The molecule has 0 bridgehead atoms. The van der Waals surface area contributed by atoms with Crippen molar-refractivity contribution >= 4 is 28.2 Å². The molecule has 4 nitrogen and oxygen atoms in total. The van der Waals surface area contributed by atoms with Crippen molar-refractivity contribution in [1.82, 2.24) is 15.2 Å². The van der Waals surface area contributed by atoms with Gasteiger partial charge in [-0.05, 0) is 48.6 Å². The number of thioether (sulfide) groups is 1. The maximum Gasteiger partial charge on any atom is 0.206 e. The van der Waals surface area contributed by atoms with Gasteiger partial charge in [0, 0.05) is 17.6 Å². The van der Waals surface area contributed by atoms with Gasteiger partial charge in [0.2, 0.25) is 5.13 Å². The molecule has 0 atom stereocenters. The Kier molecular flexibility index (Phi) is 5.55. The predicted molar refractivity (Wildman–Crippen MR) is 93.4 cm³/mol. The van der Waals surface area contributed by atoms with Crippen LogP contribution in [-0.2, 0) is 0 Å². The van der Waals surface area contributed by atoms with Gasteiger partial charge >= 0.3 is 0 Å². The largest absolute Gasteiger partial charge is 0.360 e. The van der Waals surface area contributed by atoms with Crippen molar-refractivity contribution in [2.45, 2.75) is 11.3 Å². The molecule has 0 spiro atoms. The number of nitrogens with zero attached hydrogens (tertiary/aromatic N) is 3. The molecular weight excluding hydrogens is 331 g/mol. The molecule has 0 fully saturated rings. The number of nitrogens with one attached hydrogen (secondary N) is 1. The van der Waals surface area contributed by atoms with Crippen molar-refractivity contribution < 1.29 is 4.39 Å². The minimum absolute atomic E-state index is 0.198. The van der Waals surface area contributed by atoms with Crippen LogP contribution in [0.15, 0.2) is 53.6 Å². The van der Waals surface area contributed by atoms with Crippen LogP contribution in [0.5, 0.6) is 0 Å². The number of benzene rings is 1. The van der Waals surface area contributed by atoms with Gasteiger partial charge in [-0.25, -0.2) is 4.39 Å². The summed E-state index contributed by atoms with van der Waals surface area (Å²) in [5.74, 6) is 0.765. The molecule has 0 aliphatic carbocycles. The van der Waals surface area contributed by atoms with E-state index in [0.29, 0.717) is 0 Å². The molecular formula is C16H15FN4S2. The molecule has 3 rings (SSSR count). The van der Waals surface area contributed by atoms with Gasteiger partial charge in [-0.2, -0.15) is 0 Å². The van der Waals surface area contributed by atoms with Crippen LogP contribution >= 0.6 is 23.1 Å². The van der Waals surface area contributed by atoms with Crippen LogP contribution in [0.2, 0.25) is 0 Å². The van der Waals surface area contributed by atoms with E-state index >= 15 is 0 Å². The summed E-state index contributed by atoms with van der Waals surface area (Å²) in [6.45, 7) is 0.824. The fraction of sp³-hybridized carbons (Fsp3) is 0.188. The highest BCUT2D eigenvalue weighted by molar-refractivity contribution is 7.99. The van der Waals surface area contributed by atoms with E-state index < -0.39 is 0 Å². The normalized spacial score (nSPS) is 10.7. The summed E-state index contributed by atoms with van der Waals surface area (Å²) in [5.41, 5.74) is 0.838. The first-order valence-corrected chi connectivity index (χ1v) is 8.98. The summed E-state index contributed by atoms with van der Waals surface area (Å²) in [6, 6.07) is 12.3. The number of anilines is 1. The molecule has 0 radical (unpaired) electrons. The lowest BCUT2D eigenvalue weighted by Gasteiger charge is -2.02.